The van der Waals surface area contributed by atoms with Gasteiger partial charge in [-0.3, -0.25) is 4.98 Å². The van der Waals surface area contributed by atoms with Gasteiger partial charge < -0.3 is 10.1 Å². The smallest absolute Gasteiger partial charge is 0.127 e. The summed E-state index contributed by atoms with van der Waals surface area (Å²) in [5.74, 6) is 0.891. The van der Waals surface area contributed by atoms with E-state index < -0.39 is 0 Å². The van der Waals surface area contributed by atoms with Gasteiger partial charge in [-0.05, 0) is 31.7 Å². The maximum Gasteiger partial charge on any atom is 0.127 e. The maximum atomic E-state index is 5.91. The molecule has 0 aliphatic heterocycles. The highest BCUT2D eigenvalue weighted by molar-refractivity contribution is 9.10. The highest BCUT2D eigenvalue weighted by Crippen LogP contribution is 2.20. The summed E-state index contributed by atoms with van der Waals surface area (Å²) in [5, 5.41) is 3.12. The number of benzene rings is 1. The van der Waals surface area contributed by atoms with Crippen LogP contribution in [0.15, 0.2) is 41.0 Å². The third kappa shape index (κ3) is 4.04. The van der Waals surface area contributed by atoms with Gasteiger partial charge in [0.1, 0.15) is 12.4 Å². The summed E-state index contributed by atoms with van der Waals surface area (Å²) < 4.78 is 6.98. The van der Waals surface area contributed by atoms with Gasteiger partial charge in [0.2, 0.25) is 0 Å². The third-order valence-electron chi connectivity index (χ3n) is 2.73. The predicted molar refractivity (Wildman–Crippen MR) is 80.2 cm³/mol. The van der Waals surface area contributed by atoms with Crippen molar-refractivity contribution >= 4 is 15.9 Å². The Labute approximate surface area is 122 Å². The SMILES string of the molecule is CNCc1cnc(C)cc1OCc1cccc(Br)c1. The number of pyridine rings is 1. The summed E-state index contributed by atoms with van der Waals surface area (Å²) in [6.07, 6.45) is 1.86. The van der Waals surface area contributed by atoms with Crippen molar-refractivity contribution in [2.24, 2.45) is 0 Å². The molecule has 4 heteroatoms. The lowest BCUT2D eigenvalue weighted by molar-refractivity contribution is 0.301. The van der Waals surface area contributed by atoms with Crippen LogP contribution >= 0.6 is 15.9 Å². The topological polar surface area (TPSA) is 34.2 Å². The van der Waals surface area contributed by atoms with E-state index in [-0.39, 0.29) is 0 Å². The predicted octanol–water partition coefficient (Wildman–Crippen LogP) is 3.45. The van der Waals surface area contributed by atoms with Gasteiger partial charge in [-0.25, -0.2) is 0 Å². The number of halogens is 1. The van der Waals surface area contributed by atoms with Crippen molar-refractivity contribution in [3.63, 3.8) is 0 Å². The van der Waals surface area contributed by atoms with Crippen LogP contribution in [0.25, 0.3) is 0 Å². The second-order valence-electron chi connectivity index (χ2n) is 4.38. The van der Waals surface area contributed by atoms with Crippen LogP contribution in [0.3, 0.4) is 0 Å². The summed E-state index contributed by atoms with van der Waals surface area (Å²) in [5.41, 5.74) is 3.17. The first-order valence-corrected chi connectivity index (χ1v) is 6.95. The quantitative estimate of drug-likeness (QED) is 0.916. The third-order valence-corrected chi connectivity index (χ3v) is 3.22. The van der Waals surface area contributed by atoms with Gasteiger partial charge in [-0.15, -0.1) is 0 Å². The number of nitrogens with zero attached hydrogens (tertiary/aromatic N) is 1. The minimum Gasteiger partial charge on any atom is -0.488 e. The zero-order chi connectivity index (χ0) is 13.7. The number of hydrogen-bond donors (Lipinski definition) is 1. The minimum atomic E-state index is 0.555. The number of rotatable bonds is 5. The van der Waals surface area contributed by atoms with E-state index in [4.69, 9.17) is 4.74 Å². The summed E-state index contributed by atoms with van der Waals surface area (Å²) in [7, 11) is 1.91. The molecule has 1 aromatic heterocycles. The molecule has 2 rings (SSSR count). The van der Waals surface area contributed by atoms with Crippen molar-refractivity contribution in [3.8, 4) is 5.75 Å². The normalized spacial score (nSPS) is 10.5. The first-order valence-electron chi connectivity index (χ1n) is 6.16. The Kier molecular flexibility index (Phi) is 4.93. The lowest BCUT2D eigenvalue weighted by Gasteiger charge is -2.12. The highest BCUT2D eigenvalue weighted by Gasteiger charge is 2.05. The van der Waals surface area contributed by atoms with E-state index in [1.54, 1.807) is 0 Å². The molecule has 3 nitrogen and oxygen atoms in total. The molecule has 0 unspecified atom stereocenters. The molecule has 0 aliphatic carbocycles. The number of nitrogens with one attached hydrogen (secondary N) is 1. The van der Waals surface area contributed by atoms with Gasteiger partial charge in [0.15, 0.2) is 0 Å². The zero-order valence-corrected chi connectivity index (χ0v) is 12.7. The van der Waals surface area contributed by atoms with Crippen LogP contribution in [0.2, 0.25) is 0 Å². The molecule has 19 heavy (non-hydrogen) atoms. The molecule has 0 bridgehead atoms. The second-order valence-corrected chi connectivity index (χ2v) is 5.30. The molecule has 100 valence electrons. The van der Waals surface area contributed by atoms with E-state index in [1.165, 1.54) is 0 Å². The van der Waals surface area contributed by atoms with Crippen LogP contribution in [0, 0.1) is 6.92 Å². The Morgan fingerprint density at radius 3 is 2.89 bits per heavy atom. The molecule has 0 amide bonds. The van der Waals surface area contributed by atoms with Crippen LogP contribution in [0.4, 0.5) is 0 Å². The summed E-state index contributed by atoms with van der Waals surface area (Å²) in [6.45, 7) is 3.27. The molecule has 0 saturated heterocycles. The lowest BCUT2D eigenvalue weighted by Crippen LogP contribution is -2.08. The fourth-order valence-corrected chi connectivity index (χ4v) is 2.26. The fourth-order valence-electron chi connectivity index (χ4n) is 1.81. The molecule has 1 N–H and O–H groups in total. The van der Waals surface area contributed by atoms with Crippen LogP contribution in [-0.2, 0) is 13.2 Å². The summed E-state index contributed by atoms with van der Waals surface area (Å²) >= 11 is 3.46. The van der Waals surface area contributed by atoms with Crippen molar-refractivity contribution in [2.75, 3.05) is 7.05 Å². The van der Waals surface area contributed by atoms with Gasteiger partial charge in [0.25, 0.3) is 0 Å². The van der Waals surface area contributed by atoms with Crippen LogP contribution < -0.4 is 10.1 Å². The van der Waals surface area contributed by atoms with Crippen LogP contribution in [0.5, 0.6) is 5.75 Å². The second kappa shape index (κ2) is 6.68. The van der Waals surface area contributed by atoms with Crippen molar-refractivity contribution in [1.82, 2.24) is 10.3 Å². The van der Waals surface area contributed by atoms with Gasteiger partial charge in [0.05, 0.1) is 0 Å². The Morgan fingerprint density at radius 1 is 1.32 bits per heavy atom. The molecule has 1 heterocycles. The van der Waals surface area contributed by atoms with E-state index in [0.29, 0.717) is 6.61 Å². The molecule has 0 atom stereocenters. The van der Waals surface area contributed by atoms with Gasteiger partial charge in [-0.1, -0.05) is 28.1 Å². The number of aryl methyl sites for hydroxylation is 1. The van der Waals surface area contributed by atoms with E-state index in [2.05, 4.69) is 38.4 Å². The van der Waals surface area contributed by atoms with Crippen molar-refractivity contribution in [1.29, 1.82) is 0 Å². The highest BCUT2D eigenvalue weighted by atomic mass is 79.9. The molecule has 0 spiro atoms. The Hall–Kier alpha value is -1.39. The Bertz CT molecular complexity index is 558. The first-order chi connectivity index (χ1) is 9.19. The average Bonchev–Trinajstić information content (AvgIpc) is 2.39. The van der Waals surface area contributed by atoms with Gasteiger partial charge in [-0.2, -0.15) is 0 Å². The number of ether oxygens (including phenoxy) is 1. The molecule has 0 saturated carbocycles. The molecule has 1 aromatic carbocycles. The molecule has 0 fully saturated rings. The number of hydrogen-bond acceptors (Lipinski definition) is 3. The minimum absolute atomic E-state index is 0.555. The van der Waals surface area contributed by atoms with Crippen LogP contribution in [-0.4, -0.2) is 12.0 Å². The van der Waals surface area contributed by atoms with Crippen molar-refractivity contribution in [3.05, 3.63) is 57.8 Å². The van der Waals surface area contributed by atoms with E-state index in [1.807, 2.05) is 38.4 Å². The Morgan fingerprint density at radius 2 is 2.16 bits per heavy atom. The molecular formula is C15H17BrN2O. The van der Waals surface area contributed by atoms with Gasteiger partial charge in [0, 0.05) is 34.5 Å². The fraction of sp³-hybridized carbons (Fsp3) is 0.267. The standard InChI is InChI=1S/C15H17BrN2O/c1-11-6-15(13(8-17-2)9-18-11)19-10-12-4-3-5-14(16)7-12/h3-7,9,17H,8,10H2,1-2H3. The van der Waals surface area contributed by atoms with Crippen molar-refractivity contribution < 1.29 is 4.74 Å². The number of aromatic nitrogens is 1. The molecule has 2 aromatic rings. The van der Waals surface area contributed by atoms with Crippen LogP contribution in [0.1, 0.15) is 16.8 Å². The average molecular weight is 321 g/mol. The molecule has 0 radical (unpaired) electrons. The van der Waals surface area contributed by atoms with E-state index >= 15 is 0 Å². The zero-order valence-electron chi connectivity index (χ0n) is 11.1. The maximum absolute atomic E-state index is 5.91. The summed E-state index contributed by atoms with van der Waals surface area (Å²) in [4.78, 5) is 4.30. The van der Waals surface area contributed by atoms with Gasteiger partial charge >= 0.3 is 0 Å². The van der Waals surface area contributed by atoms with E-state index in [9.17, 15) is 0 Å². The molecular weight excluding hydrogens is 304 g/mol. The largest absolute Gasteiger partial charge is 0.488 e. The molecule has 0 aliphatic rings. The lowest BCUT2D eigenvalue weighted by atomic mass is 10.2. The van der Waals surface area contributed by atoms with E-state index in [0.717, 1.165) is 33.6 Å². The summed E-state index contributed by atoms with van der Waals surface area (Å²) in [6, 6.07) is 10.1. The monoisotopic (exact) mass is 320 g/mol. The van der Waals surface area contributed by atoms with Crippen molar-refractivity contribution in [2.45, 2.75) is 20.1 Å². The Balaban J connectivity index is 2.12. The first kappa shape index (κ1) is 14.0.